The van der Waals surface area contributed by atoms with Crippen LogP contribution in [0.2, 0.25) is 0 Å². The third kappa shape index (κ3) is 5.47. The highest BCUT2D eigenvalue weighted by molar-refractivity contribution is 5.71. The fraction of sp³-hybridized carbons (Fsp3) is 0.917. The van der Waals surface area contributed by atoms with E-state index < -0.39 is 11.1 Å². The summed E-state index contributed by atoms with van der Waals surface area (Å²) in [6.45, 7) is 9.77. The maximum Gasteiger partial charge on any atom is 0.319 e. The standard InChI is InChI=1S/C12H25NO3/c1-6-7-8-16-10(14)9-13-11(2,3)12(4,5)15/h13,15H,6-9H2,1-5H3. The van der Waals surface area contributed by atoms with Crippen LogP contribution < -0.4 is 5.32 Å². The van der Waals surface area contributed by atoms with Crippen molar-refractivity contribution in [3.63, 3.8) is 0 Å². The van der Waals surface area contributed by atoms with Crippen molar-refractivity contribution in [2.75, 3.05) is 13.2 Å². The van der Waals surface area contributed by atoms with Gasteiger partial charge in [0.2, 0.25) is 0 Å². The molecular formula is C12H25NO3. The van der Waals surface area contributed by atoms with Crippen molar-refractivity contribution in [2.45, 2.75) is 58.6 Å². The Bertz CT molecular complexity index is 219. The average molecular weight is 231 g/mol. The zero-order valence-corrected chi connectivity index (χ0v) is 11.1. The Hall–Kier alpha value is -0.610. The van der Waals surface area contributed by atoms with Gasteiger partial charge < -0.3 is 9.84 Å². The molecule has 0 spiro atoms. The van der Waals surface area contributed by atoms with Gasteiger partial charge in [-0.3, -0.25) is 10.1 Å². The summed E-state index contributed by atoms with van der Waals surface area (Å²) in [4.78, 5) is 11.3. The van der Waals surface area contributed by atoms with Gasteiger partial charge in [0.25, 0.3) is 0 Å². The summed E-state index contributed by atoms with van der Waals surface area (Å²) in [6.07, 6.45) is 1.90. The molecule has 0 saturated heterocycles. The minimum absolute atomic E-state index is 0.126. The van der Waals surface area contributed by atoms with E-state index in [9.17, 15) is 9.90 Å². The van der Waals surface area contributed by atoms with E-state index in [4.69, 9.17) is 4.74 Å². The molecule has 0 heterocycles. The first-order chi connectivity index (χ1) is 7.20. The van der Waals surface area contributed by atoms with Crippen molar-refractivity contribution in [3.8, 4) is 0 Å². The molecule has 0 saturated carbocycles. The normalized spacial score (nSPS) is 12.6. The zero-order chi connectivity index (χ0) is 12.8. The van der Waals surface area contributed by atoms with Crippen LogP contribution in [-0.2, 0) is 9.53 Å². The van der Waals surface area contributed by atoms with Gasteiger partial charge in [-0.2, -0.15) is 0 Å². The van der Waals surface area contributed by atoms with E-state index in [0.29, 0.717) is 6.61 Å². The summed E-state index contributed by atoms with van der Waals surface area (Å²) < 4.78 is 5.01. The molecule has 0 aromatic rings. The molecule has 0 aromatic heterocycles. The fourth-order valence-corrected chi connectivity index (χ4v) is 0.891. The summed E-state index contributed by atoms with van der Waals surface area (Å²) in [5, 5.41) is 12.9. The number of aliphatic hydroxyl groups is 1. The topological polar surface area (TPSA) is 58.6 Å². The summed E-state index contributed by atoms with van der Waals surface area (Å²) in [6, 6.07) is 0. The first kappa shape index (κ1) is 15.4. The Morgan fingerprint density at radius 3 is 2.31 bits per heavy atom. The first-order valence-corrected chi connectivity index (χ1v) is 5.83. The van der Waals surface area contributed by atoms with Crippen LogP contribution in [0.5, 0.6) is 0 Å². The maximum atomic E-state index is 11.3. The minimum Gasteiger partial charge on any atom is -0.465 e. The van der Waals surface area contributed by atoms with Crippen molar-refractivity contribution < 1.29 is 14.6 Å². The van der Waals surface area contributed by atoms with E-state index in [1.54, 1.807) is 13.8 Å². The van der Waals surface area contributed by atoms with Gasteiger partial charge >= 0.3 is 5.97 Å². The van der Waals surface area contributed by atoms with Crippen LogP contribution in [-0.4, -0.2) is 35.4 Å². The van der Waals surface area contributed by atoms with Crippen LogP contribution in [0.15, 0.2) is 0 Å². The highest BCUT2D eigenvalue weighted by atomic mass is 16.5. The van der Waals surface area contributed by atoms with E-state index in [-0.39, 0.29) is 12.5 Å². The van der Waals surface area contributed by atoms with Crippen LogP contribution in [0.4, 0.5) is 0 Å². The largest absolute Gasteiger partial charge is 0.465 e. The van der Waals surface area contributed by atoms with Crippen molar-refractivity contribution in [1.82, 2.24) is 5.32 Å². The van der Waals surface area contributed by atoms with Crippen molar-refractivity contribution in [1.29, 1.82) is 0 Å². The van der Waals surface area contributed by atoms with E-state index in [0.717, 1.165) is 12.8 Å². The second kappa shape index (κ2) is 6.21. The molecule has 16 heavy (non-hydrogen) atoms. The van der Waals surface area contributed by atoms with E-state index in [1.807, 2.05) is 20.8 Å². The zero-order valence-electron chi connectivity index (χ0n) is 11.1. The van der Waals surface area contributed by atoms with E-state index in [1.165, 1.54) is 0 Å². The average Bonchev–Trinajstić information content (AvgIpc) is 2.13. The number of ether oxygens (including phenoxy) is 1. The predicted molar refractivity (Wildman–Crippen MR) is 64.2 cm³/mol. The Balaban J connectivity index is 3.92. The van der Waals surface area contributed by atoms with Gasteiger partial charge in [0.1, 0.15) is 0 Å². The molecular weight excluding hydrogens is 206 g/mol. The maximum absolute atomic E-state index is 11.3. The lowest BCUT2D eigenvalue weighted by Gasteiger charge is -2.37. The Morgan fingerprint density at radius 1 is 1.31 bits per heavy atom. The number of esters is 1. The third-order valence-corrected chi connectivity index (χ3v) is 2.97. The molecule has 0 aromatic carbocycles. The monoisotopic (exact) mass is 231 g/mol. The summed E-state index contributed by atoms with van der Waals surface area (Å²) in [5.41, 5.74) is -1.42. The van der Waals surface area contributed by atoms with Crippen LogP contribution in [0.1, 0.15) is 47.5 Å². The molecule has 0 fully saturated rings. The Kier molecular flexibility index (Phi) is 5.97. The lowest BCUT2D eigenvalue weighted by molar-refractivity contribution is -0.143. The van der Waals surface area contributed by atoms with E-state index >= 15 is 0 Å². The van der Waals surface area contributed by atoms with Gasteiger partial charge in [0.15, 0.2) is 0 Å². The summed E-state index contributed by atoms with van der Waals surface area (Å²) in [7, 11) is 0. The molecule has 0 aliphatic heterocycles. The molecule has 4 heteroatoms. The molecule has 2 N–H and O–H groups in total. The number of nitrogens with one attached hydrogen (secondary N) is 1. The number of rotatable bonds is 7. The smallest absolute Gasteiger partial charge is 0.319 e. The van der Waals surface area contributed by atoms with E-state index in [2.05, 4.69) is 5.32 Å². The minimum atomic E-state index is -0.892. The van der Waals surface area contributed by atoms with Crippen molar-refractivity contribution >= 4 is 5.97 Å². The van der Waals surface area contributed by atoms with Gasteiger partial charge in [0, 0.05) is 5.54 Å². The second-order valence-electron chi connectivity index (χ2n) is 5.11. The lowest BCUT2D eigenvalue weighted by atomic mass is 9.86. The molecule has 0 aliphatic carbocycles. The first-order valence-electron chi connectivity index (χ1n) is 5.83. The molecule has 0 radical (unpaired) electrons. The lowest BCUT2D eigenvalue weighted by Crippen LogP contribution is -2.57. The van der Waals surface area contributed by atoms with Crippen LogP contribution in [0, 0.1) is 0 Å². The van der Waals surface area contributed by atoms with Gasteiger partial charge in [0.05, 0.1) is 18.8 Å². The van der Waals surface area contributed by atoms with Gasteiger partial charge in [-0.15, -0.1) is 0 Å². The predicted octanol–water partition coefficient (Wildman–Crippen LogP) is 1.47. The van der Waals surface area contributed by atoms with Crippen LogP contribution >= 0.6 is 0 Å². The fourth-order valence-electron chi connectivity index (χ4n) is 0.891. The van der Waals surface area contributed by atoms with Gasteiger partial charge in [-0.25, -0.2) is 0 Å². The second-order valence-corrected chi connectivity index (χ2v) is 5.11. The van der Waals surface area contributed by atoms with Crippen molar-refractivity contribution in [3.05, 3.63) is 0 Å². The van der Waals surface area contributed by atoms with Crippen molar-refractivity contribution in [2.24, 2.45) is 0 Å². The number of carbonyl (C=O) groups excluding carboxylic acids is 1. The molecule has 0 aliphatic rings. The summed E-state index contributed by atoms with van der Waals surface area (Å²) in [5.74, 6) is -0.272. The van der Waals surface area contributed by atoms with Crippen LogP contribution in [0.25, 0.3) is 0 Å². The third-order valence-electron chi connectivity index (χ3n) is 2.97. The number of hydrogen-bond acceptors (Lipinski definition) is 4. The molecule has 0 bridgehead atoms. The van der Waals surface area contributed by atoms with Gasteiger partial charge in [-0.1, -0.05) is 13.3 Å². The molecule has 4 nitrogen and oxygen atoms in total. The molecule has 0 unspecified atom stereocenters. The highest BCUT2D eigenvalue weighted by Crippen LogP contribution is 2.19. The highest BCUT2D eigenvalue weighted by Gasteiger charge is 2.34. The SMILES string of the molecule is CCCCOC(=O)CNC(C)(C)C(C)(C)O. The molecule has 0 rings (SSSR count). The number of hydrogen-bond donors (Lipinski definition) is 2. The van der Waals surface area contributed by atoms with Crippen LogP contribution in [0.3, 0.4) is 0 Å². The molecule has 96 valence electrons. The molecule has 0 atom stereocenters. The molecule has 0 amide bonds. The van der Waals surface area contributed by atoms with Gasteiger partial charge in [-0.05, 0) is 34.1 Å². The Labute approximate surface area is 98.4 Å². The summed E-state index contributed by atoms with van der Waals surface area (Å²) >= 11 is 0. The Morgan fingerprint density at radius 2 is 1.88 bits per heavy atom. The number of unbranched alkanes of at least 4 members (excludes halogenated alkanes) is 1. The number of carbonyl (C=O) groups is 1. The quantitative estimate of drug-likeness (QED) is 0.514.